The number of aromatic nitrogens is 1. The van der Waals surface area contributed by atoms with E-state index in [0.717, 1.165) is 11.9 Å². The molecule has 0 radical (unpaired) electrons. The molecule has 0 spiro atoms. The molecule has 0 unspecified atom stereocenters. The van der Waals surface area contributed by atoms with Gasteiger partial charge in [-0.2, -0.15) is 0 Å². The van der Waals surface area contributed by atoms with Crippen LogP contribution >= 0.6 is 23.2 Å². The van der Waals surface area contributed by atoms with Gasteiger partial charge >= 0.3 is 0 Å². The largest absolute Gasteiger partial charge is 0.244 e. The van der Waals surface area contributed by atoms with Gasteiger partial charge in [0.15, 0.2) is 0 Å². The van der Waals surface area contributed by atoms with E-state index in [9.17, 15) is 0 Å². The summed E-state index contributed by atoms with van der Waals surface area (Å²) in [5.41, 5.74) is 0.922. The summed E-state index contributed by atoms with van der Waals surface area (Å²) in [4.78, 5) is 3.89. The maximum atomic E-state index is 5.81. The van der Waals surface area contributed by atoms with Crippen molar-refractivity contribution in [2.75, 3.05) is 0 Å². The van der Waals surface area contributed by atoms with E-state index in [0.29, 0.717) is 10.2 Å². The van der Waals surface area contributed by atoms with Crippen molar-refractivity contribution in [1.82, 2.24) is 4.98 Å². The molecule has 1 heterocycles. The second-order valence-electron chi connectivity index (χ2n) is 1.92. The van der Waals surface area contributed by atoms with Gasteiger partial charge in [-0.1, -0.05) is 29.5 Å². The summed E-state index contributed by atoms with van der Waals surface area (Å²) in [6.07, 6.45) is 2.43. The van der Waals surface area contributed by atoms with E-state index < -0.39 is 0 Å². The van der Waals surface area contributed by atoms with E-state index in [1.165, 1.54) is 0 Å². The molecular formula is C6H6BCl2N. The van der Waals surface area contributed by atoms with E-state index in [1.807, 2.05) is 7.85 Å². The van der Waals surface area contributed by atoms with Crippen LogP contribution in [-0.2, 0) is 6.32 Å². The van der Waals surface area contributed by atoms with Crippen molar-refractivity contribution >= 4 is 31.0 Å². The van der Waals surface area contributed by atoms with Gasteiger partial charge in [0, 0.05) is 16.8 Å². The molecule has 1 aromatic rings. The van der Waals surface area contributed by atoms with E-state index >= 15 is 0 Å². The number of hydrogen-bond donors (Lipinski definition) is 0. The maximum Gasteiger partial charge on any atom is 0.132 e. The third kappa shape index (κ3) is 1.44. The van der Waals surface area contributed by atoms with Gasteiger partial charge in [-0.3, -0.25) is 0 Å². The van der Waals surface area contributed by atoms with Crippen LogP contribution in [0.15, 0.2) is 12.3 Å². The Balaban J connectivity index is 3.17. The Morgan fingerprint density at radius 3 is 2.60 bits per heavy atom. The minimum Gasteiger partial charge on any atom is -0.244 e. The minimum atomic E-state index is 0.509. The van der Waals surface area contributed by atoms with E-state index in [4.69, 9.17) is 23.2 Å². The number of rotatable bonds is 1. The Bertz CT molecular complexity index is 219. The van der Waals surface area contributed by atoms with E-state index in [2.05, 4.69) is 4.98 Å². The predicted molar refractivity (Wildman–Crippen MR) is 46.5 cm³/mol. The van der Waals surface area contributed by atoms with Crippen LogP contribution in [0.1, 0.15) is 5.56 Å². The Kier molecular flexibility index (Phi) is 2.58. The van der Waals surface area contributed by atoms with Crippen molar-refractivity contribution < 1.29 is 0 Å². The summed E-state index contributed by atoms with van der Waals surface area (Å²) in [6, 6.07) is 1.74. The molecule has 0 aromatic carbocycles. The highest BCUT2D eigenvalue weighted by Crippen LogP contribution is 2.20. The molecule has 0 saturated heterocycles. The molecule has 10 heavy (non-hydrogen) atoms. The highest BCUT2D eigenvalue weighted by Gasteiger charge is 2.01. The summed E-state index contributed by atoms with van der Waals surface area (Å²) in [6.45, 7) is 0. The van der Waals surface area contributed by atoms with Gasteiger partial charge in [0.2, 0.25) is 0 Å². The number of pyridine rings is 1. The fourth-order valence-corrected chi connectivity index (χ4v) is 1.38. The third-order valence-electron chi connectivity index (χ3n) is 1.30. The Morgan fingerprint density at radius 2 is 2.20 bits per heavy atom. The van der Waals surface area contributed by atoms with Crippen molar-refractivity contribution in [3.63, 3.8) is 0 Å². The van der Waals surface area contributed by atoms with Crippen LogP contribution in [0.5, 0.6) is 0 Å². The second kappa shape index (κ2) is 3.26. The molecule has 0 aliphatic carbocycles. The zero-order valence-corrected chi connectivity index (χ0v) is 7.08. The molecule has 52 valence electrons. The standard InChI is InChI=1S/C6H6BCl2N/c7-3-4-5(8)1-2-10-6(4)9/h1-2H,3,7H2. The lowest BCUT2D eigenvalue weighted by atomic mass is 9.98. The summed E-state index contributed by atoms with van der Waals surface area (Å²) in [5, 5.41) is 1.21. The lowest BCUT2D eigenvalue weighted by Crippen LogP contribution is -1.88. The topological polar surface area (TPSA) is 12.9 Å². The van der Waals surface area contributed by atoms with Gasteiger partial charge in [0.25, 0.3) is 0 Å². The minimum absolute atomic E-state index is 0.509. The number of halogens is 2. The fraction of sp³-hybridized carbons (Fsp3) is 0.167. The molecule has 0 bridgehead atoms. The lowest BCUT2D eigenvalue weighted by Gasteiger charge is -2.00. The number of nitrogens with zero attached hydrogens (tertiary/aromatic N) is 1. The van der Waals surface area contributed by atoms with Crippen LogP contribution in [0.25, 0.3) is 0 Å². The quantitative estimate of drug-likeness (QED) is 0.464. The molecule has 1 rings (SSSR count). The first-order valence-electron chi connectivity index (χ1n) is 3.04. The maximum absolute atomic E-state index is 5.81. The molecule has 1 nitrogen and oxygen atoms in total. The predicted octanol–water partition coefficient (Wildman–Crippen LogP) is 1.52. The van der Waals surface area contributed by atoms with Gasteiger partial charge in [0.1, 0.15) is 13.0 Å². The zero-order valence-electron chi connectivity index (χ0n) is 5.56. The first-order chi connectivity index (χ1) is 4.75. The van der Waals surface area contributed by atoms with Gasteiger partial charge in [-0.25, -0.2) is 4.98 Å². The average Bonchev–Trinajstić information content (AvgIpc) is 1.88. The normalized spacial score (nSPS) is 9.80. The van der Waals surface area contributed by atoms with Crippen molar-refractivity contribution in [3.8, 4) is 0 Å². The second-order valence-corrected chi connectivity index (χ2v) is 2.68. The Morgan fingerprint density at radius 1 is 1.50 bits per heavy atom. The molecule has 0 aliphatic rings. The van der Waals surface area contributed by atoms with E-state index in [-0.39, 0.29) is 0 Å². The van der Waals surface area contributed by atoms with Crippen molar-refractivity contribution in [3.05, 3.63) is 28.0 Å². The Hall–Kier alpha value is -0.205. The van der Waals surface area contributed by atoms with Crippen molar-refractivity contribution in [1.29, 1.82) is 0 Å². The SMILES string of the molecule is BCc1c(Cl)ccnc1Cl. The zero-order chi connectivity index (χ0) is 7.56. The van der Waals surface area contributed by atoms with Crippen LogP contribution < -0.4 is 0 Å². The molecule has 0 atom stereocenters. The smallest absolute Gasteiger partial charge is 0.132 e. The summed E-state index contributed by atoms with van der Waals surface area (Å²) >= 11 is 11.5. The van der Waals surface area contributed by atoms with Crippen LogP contribution in [0, 0.1) is 0 Å². The summed E-state index contributed by atoms with van der Waals surface area (Å²) in [7, 11) is 1.99. The van der Waals surface area contributed by atoms with E-state index in [1.54, 1.807) is 12.3 Å². The lowest BCUT2D eigenvalue weighted by molar-refractivity contribution is 1.25. The first kappa shape index (κ1) is 7.90. The van der Waals surface area contributed by atoms with Gasteiger partial charge in [-0.05, 0) is 6.07 Å². The van der Waals surface area contributed by atoms with Crippen LogP contribution in [0.4, 0.5) is 0 Å². The van der Waals surface area contributed by atoms with Crippen molar-refractivity contribution in [2.45, 2.75) is 6.32 Å². The van der Waals surface area contributed by atoms with Gasteiger partial charge in [0.05, 0.1) is 0 Å². The van der Waals surface area contributed by atoms with Crippen LogP contribution in [-0.4, -0.2) is 12.8 Å². The molecule has 1 aromatic heterocycles. The number of hydrogen-bond acceptors (Lipinski definition) is 1. The Labute approximate surface area is 70.8 Å². The molecule has 4 heteroatoms. The highest BCUT2D eigenvalue weighted by molar-refractivity contribution is 6.36. The van der Waals surface area contributed by atoms with Gasteiger partial charge in [-0.15, -0.1) is 0 Å². The molecular weight excluding hydrogens is 168 g/mol. The van der Waals surface area contributed by atoms with Crippen molar-refractivity contribution in [2.24, 2.45) is 0 Å². The average molecular weight is 174 g/mol. The molecule has 0 N–H and O–H groups in total. The van der Waals surface area contributed by atoms with Crippen LogP contribution in [0.3, 0.4) is 0 Å². The fourth-order valence-electron chi connectivity index (χ4n) is 0.760. The van der Waals surface area contributed by atoms with Gasteiger partial charge < -0.3 is 0 Å². The molecule has 0 fully saturated rings. The molecule has 0 saturated carbocycles. The third-order valence-corrected chi connectivity index (χ3v) is 1.98. The first-order valence-corrected chi connectivity index (χ1v) is 3.80. The molecule has 0 amide bonds. The summed E-state index contributed by atoms with van der Waals surface area (Å²) in [5.74, 6) is 0. The summed E-state index contributed by atoms with van der Waals surface area (Å²) < 4.78 is 0. The monoisotopic (exact) mass is 173 g/mol. The van der Waals surface area contributed by atoms with Crippen LogP contribution in [0.2, 0.25) is 10.2 Å². The highest BCUT2D eigenvalue weighted by atomic mass is 35.5. The molecule has 0 aliphatic heterocycles.